The Balaban J connectivity index is 1.63. The van der Waals surface area contributed by atoms with Crippen LogP contribution in [0.1, 0.15) is 59.3 Å². The number of esters is 1. The number of allylic oxidation sites excluding steroid dienone is 1. The van der Waals surface area contributed by atoms with Crippen LogP contribution >= 0.6 is 22.7 Å². The van der Waals surface area contributed by atoms with Gasteiger partial charge in [0.2, 0.25) is 0 Å². The van der Waals surface area contributed by atoms with Gasteiger partial charge in [0.25, 0.3) is 5.56 Å². The molecule has 1 atom stereocenters. The minimum Gasteiger partial charge on any atom is -0.478 e. The number of fused-ring (bicyclic) bond motifs is 1. The van der Waals surface area contributed by atoms with Crippen molar-refractivity contribution in [2.75, 3.05) is 6.61 Å². The number of benzene rings is 1. The van der Waals surface area contributed by atoms with E-state index in [1.54, 1.807) is 54.8 Å². The summed E-state index contributed by atoms with van der Waals surface area (Å²) in [6, 6.07) is 11.7. The summed E-state index contributed by atoms with van der Waals surface area (Å²) in [5.74, 6) is -0.526. The summed E-state index contributed by atoms with van der Waals surface area (Å²) in [6.45, 7) is 5.73. The van der Waals surface area contributed by atoms with E-state index >= 15 is 0 Å². The largest absolute Gasteiger partial charge is 0.478 e. The van der Waals surface area contributed by atoms with Crippen molar-refractivity contribution in [1.82, 2.24) is 4.57 Å². The van der Waals surface area contributed by atoms with Gasteiger partial charge >= 0.3 is 11.9 Å². The molecule has 0 aliphatic carbocycles. The Morgan fingerprint density at radius 2 is 2.00 bits per heavy atom. The van der Waals surface area contributed by atoms with Gasteiger partial charge in [0.15, 0.2) is 4.80 Å². The van der Waals surface area contributed by atoms with E-state index < -0.39 is 18.0 Å². The number of carboxylic acid groups (broad SMARTS) is 1. The summed E-state index contributed by atoms with van der Waals surface area (Å²) in [6.07, 6.45) is 3.02. The lowest BCUT2D eigenvalue weighted by Gasteiger charge is -2.24. The smallest absolute Gasteiger partial charge is 0.338 e. The third kappa shape index (κ3) is 4.93. The Bertz CT molecular complexity index is 1770. The number of thiazole rings is 1. The van der Waals surface area contributed by atoms with Gasteiger partial charge in [-0.15, -0.1) is 11.3 Å². The summed E-state index contributed by atoms with van der Waals surface area (Å²) in [4.78, 5) is 44.6. The highest BCUT2D eigenvalue weighted by Crippen LogP contribution is 2.34. The molecule has 200 valence electrons. The molecule has 0 spiro atoms. The van der Waals surface area contributed by atoms with Crippen molar-refractivity contribution in [3.8, 4) is 11.3 Å². The molecule has 1 aliphatic heterocycles. The summed E-state index contributed by atoms with van der Waals surface area (Å²) >= 11 is 2.71. The highest BCUT2D eigenvalue weighted by atomic mass is 32.1. The number of carbonyl (C=O) groups excluding carboxylic acids is 1. The monoisotopic (exact) mass is 562 g/mol. The molecule has 4 heterocycles. The molecule has 0 radical (unpaired) electrons. The minimum absolute atomic E-state index is 0.202. The SMILES string of the molecule is CCCC1=C(C(=O)OCC)[C@@H](c2cccs2)n2c(s/c(=C\c3ccc(-c4cccc(C(=O)O)c4C)o3)c2=O)=N1. The standard InChI is InChI=1S/C29H26N2O6S2/c1-4-8-20-24(28(35)36-5-2)25(22-11-7-14-38-22)31-26(32)23(39-29(31)30-20)15-17-12-13-21(37-17)18-9-6-10-19(16(18)3)27(33)34/h6-7,9-15,25H,4-5,8H2,1-3H3,(H,33,34)/b23-15-/t25-/m1/s1. The van der Waals surface area contributed by atoms with E-state index in [1.165, 1.54) is 22.7 Å². The molecule has 0 amide bonds. The average Bonchev–Trinajstić information content (AvgIpc) is 3.66. The molecule has 8 nitrogen and oxygen atoms in total. The zero-order valence-corrected chi connectivity index (χ0v) is 23.2. The fraction of sp³-hybridized carbons (Fsp3) is 0.241. The van der Waals surface area contributed by atoms with E-state index in [0.29, 0.717) is 49.7 Å². The molecule has 0 saturated carbocycles. The van der Waals surface area contributed by atoms with Crippen molar-refractivity contribution in [1.29, 1.82) is 0 Å². The summed E-state index contributed by atoms with van der Waals surface area (Å²) < 4.78 is 13.4. The van der Waals surface area contributed by atoms with E-state index in [9.17, 15) is 19.5 Å². The van der Waals surface area contributed by atoms with Gasteiger partial charge in [-0.25, -0.2) is 14.6 Å². The van der Waals surface area contributed by atoms with Crippen molar-refractivity contribution in [2.45, 2.75) is 39.7 Å². The number of carboxylic acids is 1. The maximum Gasteiger partial charge on any atom is 0.338 e. The molecule has 1 aliphatic rings. The van der Waals surface area contributed by atoms with Gasteiger partial charge in [0, 0.05) is 16.5 Å². The first-order valence-corrected chi connectivity index (χ1v) is 14.2. The van der Waals surface area contributed by atoms with Gasteiger partial charge in [0.1, 0.15) is 17.6 Å². The second-order valence-electron chi connectivity index (χ2n) is 8.91. The van der Waals surface area contributed by atoms with Gasteiger partial charge < -0.3 is 14.3 Å². The molecule has 0 bridgehead atoms. The first-order chi connectivity index (χ1) is 18.8. The maximum absolute atomic E-state index is 13.8. The molecule has 10 heteroatoms. The van der Waals surface area contributed by atoms with E-state index in [-0.39, 0.29) is 17.7 Å². The lowest BCUT2D eigenvalue weighted by Crippen LogP contribution is -2.39. The molecule has 1 N–H and O–H groups in total. The van der Waals surface area contributed by atoms with Crippen LogP contribution in [-0.2, 0) is 9.53 Å². The van der Waals surface area contributed by atoms with Crippen molar-refractivity contribution < 1.29 is 23.8 Å². The second kappa shape index (κ2) is 11.0. The number of thiophene rings is 1. The Hall–Kier alpha value is -4.02. The zero-order chi connectivity index (χ0) is 27.7. The third-order valence-corrected chi connectivity index (χ3v) is 8.34. The van der Waals surface area contributed by atoms with Crippen LogP contribution in [0.2, 0.25) is 0 Å². The first kappa shape index (κ1) is 26.6. The van der Waals surface area contributed by atoms with Crippen molar-refractivity contribution in [3.63, 3.8) is 0 Å². The van der Waals surface area contributed by atoms with Gasteiger partial charge in [0.05, 0.1) is 28.0 Å². The van der Waals surface area contributed by atoms with E-state index in [0.717, 1.165) is 11.3 Å². The van der Waals surface area contributed by atoms with Crippen LogP contribution in [0.5, 0.6) is 0 Å². The highest BCUT2D eigenvalue weighted by Gasteiger charge is 2.34. The molecule has 0 unspecified atom stereocenters. The van der Waals surface area contributed by atoms with Crippen LogP contribution < -0.4 is 14.9 Å². The van der Waals surface area contributed by atoms with Crippen LogP contribution in [-0.4, -0.2) is 28.2 Å². The van der Waals surface area contributed by atoms with E-state index in [4.69, 9.17) is 14.1 Å². The molecule has 1 aromatic carbocycles. The Kier molecular flexibility index (Phi) is 7.49. The zero-order valence-electron chi connectivity index (χ0n) is 21.6. The van der Waals surface area contributed by atoms with E-state index in [1.807, 2.05) is 24.4 Å². The van der Waals surface area contributed by atoms with Crippen LogP contribution in [0.4, 0.5) is 0 Å². The molecule has 4 aromatic rings. The summed E-state index contributed by atoms with van der Waals surface area (Å²) in [7, 11) is 0. The van der Waals surface area contributed by atoms with Gasteiger partial charge in [-0.05, 0) is 55.5 Å². The number of rotatable bonds is 8. The van der Waals surface area contributed by atoms with Crippen molar-refractivity contribution in [3.05, 3.63) is 101 Å². The normalized spacial score (nSPS) is 15.3. The molecular formula is C29H26N2O6S2. The fourth-order valence-corrected chi connectivity index (χ4v) is 6.50. The number of carbonyl (C=O) groups is 2. The number of furan rings is 1. The molecule has 39 heavy (non-hydrogen) atoms. The van der Waals surface area contributed by atoms with E-state index in [2.05, 4.69) is 0 Å². The third-order valence-electron chi connectivity index (χ3n) is 6.43. The molecule has 0 saturated heterocycles. The number of ether oxygens (including phenoxy) is 1. The predicted molar refractivity (Wildman–Crippen MR) is 150 cm³/mol. The average molecular weight is 563 g/mol. The predicted octanol–water partition coefficient (Wildman–Crippen LogP) is 4.91. The first-order valence-electron chi connectivity index (χ1n) is 12.5. The van der Waals surface area contributed by atoms with Crippen LogP contribution in [0, 0.1) is 6.92 Å². The van der Waals surface area contributed by atoms with Gasteiger partial charge in [-0.2, -0.15) is 0 Å². The van der Waals surface area contributed by atoms with Crippen LogP contribution in [0.25, 0.3) is 17.4 Å². The highest BCUT2D eigenvalue weighted by molar-refractivity contribution is 7.10. The number of aromatic carboxylic acids is 1. The Morgan fingerprint density at radius 1 is 1.18 bits per heavy atom. The lowest BCUT2D eigenvalue weighted by molar-refractivity contribution is -0.139. The molecular weight excluding hydrogens is 536 g/mol. The topological polar surface area (TPSA) is 111 Å². The van der Waals surface area contributed by atoms with Gasteiger partial charge in [-0.1, -0.05) is 42.9 Å². The van der Waals surface area contributed by atoms with Crippen molar-refractivity contribution >= 4 is 40.7 Å². The van der Waals surface area contributed by atoms with Gasteiger partial charge in [-0.3, -0.25) is 9.36 Å². The van der Waals surface area contributed by atoms with Crippen LogP contribution in [0.15, 0.2) is 73.3 Å². The minimum atomic E-state index is -1.01. The quantitative estimate of drug-likeness (QED) is 0.306. The van der Waals surface area contributed by atoms with Crippen LogP contribution in [0.3, 0.4) is 0 Å². The fourth-order valence-electron chi connectivity index (χ4n) is 4.68. The Morgan fingerprint density at radius 3 is 2.69 bits per heavy atom. The van der Waals surface area contributed by atoms with Crippen molar-refractivity contribution in [2.24, 2.45) is 4.99 Å². The number of hydrogen-bond acceptors (Lipinski definition) is 8. The number of aromatic nitrogens is 1. The maximum atomic E-state index is 13.8. The number of hydrogen-bond donors (Lipinski definition) is 1. The summed E-state index contributed by atoms with van der Waals surface area (Å²) in [5, 5.41) is 11.4. The molecule has 5 rings (SSSR count). The summed E-state index contributed by atoms with van der Waals surface area (Å²) in [5.41, 5.74) is 2.21. The second-order valence-corrected chi connectivity index (χ2v) is 10.9. The molecule has 3 aromatic heterocycles. The lowest BCUT2D eigenvalue weighted by atomic mass is 9.99. The molecule has 0 fully saturated rings. The number of nitrogens with zero attached hydrogens (tertiary/aromatic N) is 2. The Labute approximate surface area is 231 Å².